The fraction of sp³-hybridized carbons (Fsp3) is 0.984. The van der Waals surface area contributed by atoms with Crippen molar-refractivity contribution in [1.82, 2.24) is 5.32 Å². The van der Waals surface area contributed by atoms with Crippen molar-refractivity contribution in [3.63, 3.8) is 0 Å². The molecule has 712 valence electrons. The minimum atomic E-state index is -5.68. The monoisotopic (exact) mass is 1840 g/mol. The molecule has 1 amide bonds. The summed E-state index contributed by atoms with van der Waals surface area (Å²) in [6.07, 6.45) is -110. The summed E-state index contributed by atoms with van der Waals surface area (Å²) < 4.78 is 143. The molecule has 10 aliphatic rings. The Kier molecular flexibility index (Phi) is 36.3. The zero-order valence-electron chi connectivity index (χ0n) is 63.4. The third-order valence-electron chi connectivity index (χ3n) is 21.6. The van der Waals surface area contributed by atoms with Crippen LogP contribution in [-0.4, -0.2) is 547 Å². The first-order valence-electron chi connectivity index (χ1n) is 37.7. The van der Waals surface area contributed by atoms with Gasteiger partial charge in [-0.05, 0) is 0 Å². The molecule has 0 spiro atoms. The molecule has 60 heteroatoms. The first-order chi connectivity index (χ1) is 57.3. The van der Waals surface area contributed by atoms with E-state index < -0.39 is 395 Å². The summed E-state index contributed by atoms with van der Waals surface area (Å²) in [4.78, 5) is 33.7. The lowest BCUT2D eigenvalue weighted by Crippen LogP contribution is -2.69. The Labute approximate surface area is 685 Å². The zero-order chi connectivity index (χ0) is 90.1. The summed E-state index contributed by atoms with van der Waals surface area (Å²) in [5.41, 5.74) is 0. The van der Waals surface area contributed by atoms with Gasteiger partial charge < -0.3 is 254 Å². The maximum absolute atomic E-state index is 13.3. The Morgan fingerprint density at radius 2 is 0.516 bits per heavy atom. The number of amides is 1. The number of aliphatic hydroxyl groups is 31. The highest BCUT2D eigenvalue weighted by molar-refractivity contribution is 7.47. The molecule has 122 heavy (non-hydrogen) atoms. The molecule has 0 aromatic rings. The van der Waals surface area contributed by atoms with E-state index >= 15 is 0 Å². The van der Waals surface area contributed by atoms with E-state index in [9.17, 15) is 182 Å². The van der Waals surface area contributed by atoms with Gasteiger partial charge in [-0.1, -0.05) is 0 Å². The van der Waals surface area contributed by atoms with Crippen molar-refractivity contribution in [1.29, 1.82) is 0 Å². The average Bonchev–Trinajstić information content (AvgIpc) is 0.765. The molecule has 3 unspecified atom stereocenters. The lowest BCUT2D eigenvalue weighted by molar-refractivity contribution is -0.400. The Morgan fingerprint density at radius 1 is 0.262 bits per heavy atom. The Hall–Kier alpha value is -2.23. The fourth-order valence-electron chi connectivity index (χ4n) is 14.5. The molecule has 58 nitrogen and oxygen atoms in total. The minimum absolute atomic E-state index is 0.919. The number of carbonyl (C=O) groups excluding carboxylic acids is 1. The van der Waals surface area contributed by atoms with Crippen LogP contribution in [0.4, 0.5) is 0 Å². The summed E-state index contributed by atoms with van der Waals surface area (Å²) in [6, 6.07) is -1.86. The quantitative estimate of drug-likeness (QED) is 0.0271. The van der Waals surface area contributed by atoms with Gasteiger partial charge in [-0.3, -0.25) is 22.9 Å². The van der Waals surface area contributed by atoms with E-state index in [1.165, 1.54) is 0 Å². The topological polar surface area (TPSA) is 925 Å². The maximum atomic E-state index is 13.3. The number of phosphoric ester groups is 2. The smallest absolute Gasteiger partial charge is 0.394 e. The van der Waals surface area contributed by atoms with Crippen LogP contribution in [0.15, 0.2) is 0 Å². The highest BCUT2D eigenvalue weighted by Crippen LogP contribution is 2.49. The maximum Gasteiger partial charge on any atom is 0.474 e. The van der Waals surface area contributed by atoms with Crippen LogP contribution in [-0.2, 0) is 113 Å². The van der Waals surface area contributed by atoms with E-state index in [0.717, 1.165) is 6.92 Å². The van der Waals surface area contributed by atoms with Gasteiger partial charge in [-0.2, -0.15) is 0 Å². The molecule has 10 fully saturated rings. The summed E-state index contributed by atoms with van der Waals surface area (Å²) >= 11 is 0. The lowest BCUT2D eigenvalue weighted by Gasteiger charge is -2.50. The van der Waals surface area contributed by atoms with Crippen molar-refractivity contribution >= 4 is 21.6 Å². The highest BCUT2D eigenvalue weighted by Gasteiger charge is 2.60. The Balaban J connectivity index is 0.949. The van der Waals surface area contributed by atoms with Crippen LogP contribution < -0.4 is 5.32 Å². The van der Waals surface area contributed by atoms with Gasteiger partial charge in [-0.15, -0.1) is 0 Å². The molecular weight excluding hydrogens is 1730 g/mol. The molecule has 34 N–H and O–H groups in total. The molecule has 0 radical (unpaired) electrons. The van der Waals surface area contributed by atoms with Crippen molar-refractivity contribution in [3.8, 4) is 0 Å². The van der Waals surface area contributed by atoms with Crippen molar-refractivity contribution in [2.75, 3.05) is 66.1 Å². The van der Waals surface area contributed by atoms with Gasteiger partial charge in [0.25, 0.3) is 0 Å². The van der Waals surface area contributed by atoms with Crippen molar-refractivity contribution in [3.05, 3.63) is 0 Å². The normalized spacial score (nSPS) is 51.0. The second kappa shape index (κ2) is 43.4. The number of nitrogens with one attached hydrogen (secondary N) is 1. The average molecular weight is 1840 g/mol. The Morgan fingerprint density at radius 3 is 0.893 bits per heavy atom. The van der Waals surface area contributed by atoms with E-state index in [1.807, 2.05) is 0 Å². The molecule has 10 saturated heterocycles. The molecule has 0 aliphatic carbocycles. The molecule has 0 saturated carbocycles. The molecule has 10 heterocycles. The Bertz CT molecular complexity index is 3320. The summed E-state index contributed by atoms with van der Waals surface area (Å²) in [6.45, 7) is -10.8. The van der Waals surface area contributed by atoms with Gasteiger partial charge in [-0.25, -0.2) is 9.13 Å². The van der Waals surface area contributed by atoms with Crippen LogP contribution in [0.25, 0.3) is 0 Å². The number of ether oxygens (including phenoxy) is 17. The fourth-order valence-corrected chi connectivity index (χ4v) is 16.2. The number of hydrogen-bond acceptors (Lipinski definition) is 55. The van der Waals surface area contributed by atoms with Crippen molar-refractivity contribution in [2.45, 2.75) is 314 Å². The molecule has 10 aliphatic heterocycles. The molecule has 10 rings (SSSR count). The molecule has 52 atom stereocenters. The van der Waals surface area contributed by atoms with Crippen LogP contribution in [0, 0.1) is 0 Å². The van der Waals surface area contributed by atoms with E-state index in [-0.39, 0.29) is 0 Å². The SMILES string of the molecule is CC(=O)N[C@H]1C(O)O[C@H](CO)[C@@H](O[C@@H]2O[C@H](CO[C@H]3O[C@H](CO[C@H]4O[C@H](COP(=O)(O)O[C@H]5O[C@H](CO)[C@@H](O)[C@H](O)[C@@H]5O)[C@@H](O)[C@H](O)[C@@H]4O)[C@@H](O)[C@H](O[C@H]4O[C@H](CO)[C@@H](O)[C@H](O)[C@@H]4O)[C@@H]3O)[C@@H](O)[C@H](O[C@H]3O[C@H](CO[C@H]4O[C@H](CO)[C@@H](O)[C@H](O)[C@@H]4O)[C@@H](O)[C@H](O)[C@@H]3O[C@H]3O[C@H](COP(=O)(O)O[C@H]4O[C@H](CO)[C@@H](O)[C@H](O)[C@@H]4O)[C@@H](O)[C@H](O)[C@@H]3O)[C@@H]2O)[C@@H]1O. The summed E-state index contributed by atoms with van der Waals surface area (Å²) in [5.74, 6) is -0.919. The number of hydrogen-bond donors (Lipinski definition) is 34. The molecule has 0 aromatic heterocycles. The van der Waals surface area contributed by atoms with Crippen molar-refractivity contribution < 1.29 is 281 Å². The predicted molar refractivity (Wildman–Crippen MR) is 363 cm³/mol. The first-order valence-corrected chi connectivity index (χ1v) is 40.7. The molecule has 0 aromatic carbocycles. The van der Waals surface area contributed by atoms with Crippen LogP contribution in [0.3, 0.4) is 0 Å². The van der Waals surface area contributed by atoms with E-state index in [1.54, 1.807) is 0 Å². The second-order valence-corrected chi connectivity index (χ2v) is 32.8. The second-order valence-electron chi connectivity index (χ2n) is 30.0. The van der Waals surface area contributed by atoms with Crippen molar-refractivity contribution in [2.24, 2.45) is 0 Å². The largest absolute Gasteiger partial charge is 0.474 e. The minimum Gasteiger partial charge on any atom is -0.394 e. The lowest BCUT2D eigenvalue weighted by atomic mass is 9.95. The van der Waals surface area contributed by atoms with Gasteiger partial charge in [0.05, 0.1) is 66.1 Å². The number of phosphoric acid groups is 2. The number of rotatable bonds is 33. The van der Waals surface area contributed by atoms with E-state index in [2.05, 4.69) is 5.32 Å². The van der Waals surface area contributed by atoms with Crippen LogP contribution in [0.1, 0.15) is 6.92 Å². The third-order valence-corrected chi connectivity index (χ3v) is 23.5. The number of carbonyl (C=O) groups is 1. The zero-order valence-corrected chi connectivity index (χ0v) is 65.2. The van der Waals surface area contributed by atoms with Gasteiger partial charge in [0, 0.05) is 6.92 Å². The van der Waals surface area contributed by atoms with Gasteiger partial charge in [0.2, 0.25) is 5.91 Å². The van der Waals surface area contributed by atoms with Gasteiger partial charge in [0.1, 0.15) is 244 Å². The third kappa shape index (κ3) is 22.9. The summed E-state index contributed by atoms with van der Waals surface area (Å²) in [5, 5.41) is 341. The van der Waals surface area contributed by atoms with E-state index in [4.69, 9.17) is 98.6 Å². The highest BCUT2D eigenvalue weighted by atomic mass is 31.2. The molecular formula is C62H107NO57P2. The predicted octanol–water partition coefficient (Wildman–Crippen LogP) is -22.4. The standard InChI is InChI=1S/C62H107NO57P2/c1-12(69)63-23-33(79)49(17(6-68)105-53(23)95)115-59-48(94)51(117-62-52(40(86)30(76)18(114-62)7-100-54-41(87)34(80)24(70)13(2-64)106-54)118-58-44(90)39(85)29(75)22(113-58)11-104-122(98,99)120-61-46(92)37(83)27(73)16(5-67)109-61)32(78)20(112-59)9-102-56-47(93)50(116-57-43(89)35(81)25(71)14(3-65)107-57)31(77)19(110-56)8-101-55-42(88)38(84)28(74)21(111-55)10-103-121(96,97)119-60-45(91)36(82)26(72)15(4-66)108-60/h13-62,64-68,70-95H,2-11H2,1H3,(H,63,69)(H,96,97)(H,98,99)/t13-,14-,15-,16-,17-,18-,19-,20-,21-,22-,23-,24-,25-,26-,27-,28-,29-,30-,31-,32-,33-,34+,35+,36+,37+,38+,39+,40+,41+,42+,43+,44+,45+,46+,47+,48+,49-,50+,51+,52+,53?,54+,55+,56+,57-,58-,59+,60-,61-,62-/m1/s1. The molecule has 0 bridgehead atoms. The van der Waals surface area contributed by atoms with Crippen LogP contribution in [0.5, 0.6) is 0 Å². The van der Waals surface area contributed by atoms with E-state index in [0.29, 0.717) is 0 Å². The number of aliphatic hydroxyl groups excluding tert-OH is 31. The first kappa shape index (κ1) is 102. The van der Waals surface area contributed by atoms with Gasteiger partial charge >= 0.3 is 15.6 Å². The summed E-state index contributed by atoms with van der Waals surface area (Å²) in [7, 11) is -11.2. The van der Waals surface area contributed by atoms with Crippen LogP contribution in [0.2, 0.25) is 0 Å². The van der Waals surface area contributed by atoms with Crippen LogP contribution >= 0.6 is 15.6 Å². The van der Waals surface area contributed by atoms with Gasteiger partial charge in [0.15, 0.2) is 62.9 Å².